The van der Waals surface area contributed by atoms with Gasteiger partial charge in [0.05, 0.1) is 16.0 Å². The minimum absolute atomic E-state index is 0.0601. The molecule has 34 heavy (non-hydrogen) atoms. The van der Waals surface area contributed by atoms with Gasteiger partial charge in [-0.1, -0.05) is 17.7 Å². The summed E-state index contributed by atoms with van der Waals surface area (Å²) in [6.07, 6.45) is 2.20. The normalized spacial score (nSPS) is 21.4. The molecule has 0 bridgehead atoms. The first-order valence-electron chi connectivity index (χ1n) is 11.6. The first-order valence-corrected chi connectivity index (χ1v) is 12.0. The fourth-order valence-corrected chi connectivity index (χ4v) is 4.98. The largest absolute Gasteiger partial charge is 0.507 e. The lowest BCUT2D eigenvalue weighted by molar-refractivity contribution is 0.188. The molecule has 0 radical (unpaired) electrons. The van der Waals surface area contributed by atoms with Crippen LogP contribution in [0.2, 0.25) is 5.02 Å². The van der Waals surface area contributed by atoms with E-state index in [9.17, 15) is 5.11 Å². The molecule has 5 rings (SSSR count). The van der Waals surface area contributed by atoms with E-state index < -0.39 is 5.82 Å². The van der Waals surface area contributed by atoms with Crippen molar-refractivity contribution in [3.63, 3.8) is 0 Å². The van der Waals surface area contributed by atoms with Crippen molar-refractivity contribution in [2.75, 3.05) is 44.7 Å². The zero-order chi connectivity index (χ0) is 23.8. The number of likely N-dealkylation sites (tertiary alicyclic amines) is 1. The van der Waals surface area contributed by atoms with Crippen LogP contribution in [0.5, 0.6) is 11.8 Å². The zero-order valence-corrected chi connectivity index (χ0v) is 20.0. The number of pyridine rings is 1. The van der Waals surface area contributed by atoms with Crippen LogP contribution in [-0.4, -0.2) is 76.9 Å². The Labute approximate surface area is 202 Å². The molecule has 3 aromatic rings. The summed E-state index contributed by atoms with van der Waals surface area (Å²) in [7, 11) is 2.09. The van der Waals surface area contributed by atoms with Gasteiger partial charge in [-0.2, -0.15) is 9.97 Å². The molecular weight excluding hydrogens is 459 g/mol. The predicted octanol–water partition coefficient (Wildman–Crippen LogP) is 3.46. The van der Waals surface area contributed by atoms with E-state index in [1.165, 1.54) is 12.1 Å². The predicted molar refractivity (Wildman–Crippen MR) is 130 cm³/mol. The lowest BCUT2D eigenvalue weighted by atomic mass is 10.1. The van der Waals surface area contributed by atoms with Gasteiger partial charge in [0.25, 0.3) is 0 Å². The number of phenolic OH excluding ortho intramolecular Hbond substituents is 1. The molecular formula is C24H28ClFN6O2. The molecule has 180 valence electrons. The molecule has 2 fully saturated rings. The van der Waals surface area contributed by atoms with Crippen LogP contribution in [-0.2, 0) is 0 Å². The number of fused-ring (bicyclic) bond motifs is 1. The van der Waals surface area contributed by atoms with Gasteiger partial charge in [-0.15, -0.1) is 0 Å². The number of likely N-dealkylation sites (N-methyl/N-ethyl adjacent to an activating group) is 1. The minimum atomic E-state index is -0.607. The summed E-state index contributed by atoms with van der Waals surface area (Å²) < 4.78 is 21.4. The van der Waals surface area contributed by atoms with Crippen molar-refractivity contribution < 1.29 is 14.2 Å². The maximum atomic E-state index is 15.4. The van der Waals surface area contributed by atoms with Gasteiger partial charge in [0, 0.05) is 31.7 Å². The quantitative estimate of drug-likeness (QED) is 0.567. The molecule has 0 aliphatic carbocycles. The van der Waals surface area contributed by atoms with Crippen molar-refractivity contribution >= 4 is 28.5 Å². The van der Waals surface area contributed by atoms with E-state index in [1.54, 1.807) is 12.1 Å². The van der Waals surface area contributed by atoms with Crippen LogP contribution in [0.4, 0.5) is 10.2 Å². The van der Waals surface area contributed by atoms with Crippen LogP contribution < -0.4 is 15.0 Å². The van der Waals surface area contributed by atoms with Gasteiger partial charge in [0.15, 0.2) is 11.5 Å². The van der Waals surface area contributed by atoms with E-state index in [-0.39, 0.29) is 34.1 Å². The van der Waals surface area contributed by atoms with E-state index in [0.717, 1.165) is 32.5 Å². The molecule has 2 aliphatic heterocycles. The number of anilines is 1. The third kappa shape index (κ3) is 4.35. The molecule has 2 N–H and O–H groups in total. The first-order chi connectivity index (χ1) is 16.4. The molecule has 0 saturated carbocycles. The number of benzene rings is 1. The van der Waals surface area contributed by atoms with Crippen molar-refractivity contribution in [1.82, 2.24) is 25.2 Å². The lowest BCUT2D eigenvalue weighted by Crippen LogP contribution is -2.50. The van der Waals surface area contributed by atoms with Crippen LogP contribution in [0, 0.1) is 5.82 Å². The number of hydrogen-bond donors (Lipinski definition) is 2. The number of aromatic nitrogens is 3. The highest BCUT2D eigenvalue weighted by molar-refractivity contribution is 6.33. The summed E-state index contributed by atoms with van der Waals surface area (Å²) in [6.45, 7) is 5.90. The summed E-state index contributed by atoms with van der Waals surface area (Å²) in [5.41, 5.74) is 0.366. The van der Waals surface area contributed by atoms with E-state index >= 15 is 4.39 Å². The standard InChI is InChI=1S/C24H28ClFN6O2/c1-14-12-27-8-10-32(14)23-16-11-18(26)21(20-17(25)6-3-7-19(20)33)28-22(16)29-24(30-23)34-13-15-5-4-9-31(15)2/h3,6-7,11,14-15,27,33H,4-5,8-10,12-13H2,1-2H3. The summed E-state index contributed by atoms with van der Waals surface area (Å²) in [5, 5.41) is 14.4. The molecule has 2 aromatic heterocycles. The SMILES string of the molecule is CC1CNCCN1c1nc(OCC2CCCN2C)nc2nc(-c3c(O)cccc3Cl)c(F)cc12. The molecule has 4 heterocycles. The Morgan fingerprint density at radius 3 is 2.85 bits per heavy atom. The van der Waals surface area contributed by atoms with Crippen molar-refractivity contribution in [2.45, 2.75) is 31.8 Å². The maximum Gasteiger partial charge on any atom is 0.320 e. The van der Waals surface area contributed by atoms with E-state index in [0.29, 0.717) is 36.0 Å². The third-order valence-corrected chi connectivity index (χ3v) is 6.99. The van der Waals surface area contributed by atoms with Crippen LogP contribution in [0.1, 0.15) is 19.8 Å². The highest BCUT2D eigenvalue weighted by atomic mass is 35.5. The number of nitrogens with zero attached hydrogens (tertiary/aromatic N) is 5. The van der Waals surface area contributed by atoms with Crippen LogP contribution in [0.25, 0.3) is 22.3 Å². The second-order valence-electron chi connectivity index (χ2n) is 8.99. The van der Waals surface area contributed by atoms with Gasteiger partial charge in [-0.3, -0.25) is 0 Å². The Bertz CT molecular complexity index is 1190. The summed E-state index contributed by atoms with van der Waals surface area (Å²) in [6, 6.07) is 6.67. The summed E-state index contributed by atoms with van der Waals surface area (Å²) in [4.78, 5) is 18.1. The second kappa shape index (κ2) is 9.48. The Morgan fingerprint density at radius 2 is 2.12 bits per heavy atom. The third-order valence-electron chi connectivity index (χ3n) is 6.68. The van der Waals surface area contributed by atoms with Crippen molar-refractivity contribution in [3.8, 4) is 23.0 Å². The van der Waals surface area contributed by atoms with E-state index in [4.69, 9.17) is 21.3 Å². The van der Waals surface area contributed by atoms with Gasteiger partial charge >= 0.3 is 6.01 Å². The average Bonchev–Trinajstić information content (AvgIpc) is 3.22. The number of halogens is 2. The number of aromatic hydroxyl groups is 1. The Kier molecular flexibility index (Phi) is 6.42. The van der Waals surface area contributed by atoms with Gasteiger partial charge in [0.2, 0.25) is 0 Å². The smallest absolute Gasteiger partial charge is 0.320 e. The van der Waals surface area contributed by atoms with E-state index in [2.05, 4.69) is 39.1 Å². The van der Waals surface area contributed by atoms with Crippen molar-refractivity contribution in [2.24, 2.45) is 0 Å². The van der Waals surface area contributed by atoms with Crippen LogP contribution in [0.15, 0.2) is 24.3 Å². The van der Waals surface area contributed by atoms with Gasteiger partial charge < -0.3 is 25.0 Å². The van der Waals surface area contributed by atoms with Gasteiger partial charge in [0.1, 0.15) is 23.9 Å². The fourth-order valence-electron chi connectivity index (χ4n) is 4.72. The van der Waals surface area contributed by atoms with Crippen LogP contribution in [0.3, 0.4) is 0 Å². The number of hydrogen-bond acceptors (Lipinski definition) is 8. The number of ether oxygens (including phenoxy) is 1. The first kappa shape index (κ1) is 23.0. The number of nitrogens with one attached hydrogen (secondary N) is 1. The monoisotopic (exact) mass is 486 g/mol. The molecule has 0 amide bonds. The maximum absolute atomic E-state index is 15.4. The highest BCUT2D eigenvalue weighted by Gasteiger charge is 2.27. The minimum Gasteiger partial charge on any atom is -0.507 e. The fraction of sp³-hybridized carbons (Fsp3) is 0.458. The Morgan fingerprint density at radius 1 is 1.26 bits per heavy atom. The van der Waals surface area contributed by atoms with Crippen molar-refractivity contribution in [3.05, 3.63) is 35.1 Å². The zero-order valence-electron chi connectivity index (χ0n) is 19.3. The average molecular weight is 487 g/mol. The summed E-state index contributed by atoms with van der Waals surface area (Å²) in [5.74, 6) is -0.163. The molecule has 1 aromatic carbocycles. The Balaban J connectivity index is 1.61. The molecule has 2 unspecified atom stereocenters. The summed E-state index contributed by atoms with van der Waals surface area (Å²) >= 11 is 6.28. The lowest BCUT2D eigenvalue weighted by Gasteiger charge is -2.35. The van der Waals surface area contributed by atoms with Crippen molar-refractivity contribution in [1.29, 1.82) is 0 Å². The van der Waals surface area contributed by atoms with Crippen LogP contribution >= 0.6 is 11.6 Å². The molecule has 10 heteroatoms. The second-order valence-corrected chi connectivity index (χ2v) is 9.40. The number of phenols is 1. The molecule has 2 atom stereocenters. The Hall–Kier alpha value is -2.75. The van der Waals surface area contributed by atoms with Gasteiger partial charge in [-0.05, 0) is 51.6 Å². The molecule has 2 saturated heterocycles. The van der Waals surface area contributed by atoms with Gasteiger partial charge in [-0.25, -0.2) is 9.37 Å². The highest BCUT2D eigenvalue weighted by Crippen LogP contribution is 2.38. The number of piperazine rings is 1. The number of rotatable bonds is 5. The molecule has 2 aliphatic rings. The van der Waals surface area contributed by atoms with E-state index in [1.807, 2.05) is 0 Å². The topological polar surface area (TPSA) is 86.6 Å². The molecule has 8 nitrogen and oxygen atoms in total. The molecule has 0 spiro atoms.